The number of rotatable bonds is 4. The minimum atomic E-state index is 0.517. The summed E-state index contributed by atoms with van der Waals surface area (Å²) in [6.07, 6.45) is 0. The van der Waals surface area contributed by atoms with Gasteiger partial charge in [-0.05, 0) is 19.1 Å². The molecule has 0 atom stereocenters. The number of aryl methyl sites for hydroxylation is 1. The maximum absolute atomic E-state index is 5.88. The first kappa shape index (κ1) is 12.7. The van der Waals surface area contributed by atoms with E-state index in [2.05, 4.69) is 17.2 Å². The predicted octanol–water partition coefficient (Wildman–Crippen LogP) is 2.13. The molecule has 3 rings (SSSR count). The van der Waals surface area contributed by atoms with Crippen LogP contribution in [-0.2, 0) is 11.3 Å². The van der Waals surface area contributed by atoms with Gasteiger partial charge < -0.3 is 10.5 Å². The van der Waals surface area contributed by atoms with Crippen molar-refractivity contribution in [1.29, 1.82) is 0 Å². The summed E-state index contributed by atoms with van der Waals surface area (Å²) < 4.78 is 7.25. The number of hydrogen-bond donors (Lipinski definition) is 1. The SMILES string of the molecule is Cc1nn(-c2ccccc2)c(SC2COC2)c1CN. The molecule has 0 amide bonds. The van der Waals surface area contributed by atoms with Gasteiger partial charge in [0, 0.05) is 12.1 Å². The molecule has 1 fully saturated rings. The van der Waals surface area contributed by atoms with Gasteiger partial charge in [0.15, 0.2) is 0 Å². The Labute approximate surface area is 116 Å². The molecule has 1 aliphatic rings. The molecule has 19 heavy (non-hydrogen) atoms. The third-order valence-corrected chi connectivity index (χ3v) is 4.48. The largest absolute Gasteiger partial charge is 0.379 e. The molecule has 0 aliphatic carbocycles. The normalized spacial score (nSPS) is 15.5. The van der Waals surface area contributed by atoms with Gasteiger partial charge >= 0.3 is 0 Å². The van der Waals surface area contributed by atoms with Crippen LogP contribution in [0.25, 0.3) is 5.69 Å². The zero-order chi connectivity index (χ0) is 13.2. The van der Waals surface area contributed by atoms with Crippen LogP contribution in [0, 0.1) is 6.92 Å². The van der Waals surface area contributed by atoms with Crippen molar-refractivity contribution in [1.82, 2.24) is 9.78 Å². The molecule has 100 valence electrons. The summed E-state index contributed by atoms with van der Waals surface area (Å²) in [4.78, 5) is 0. The molecule has 2 N–H and O–H groups in total. The molecule has 0 unspecified atom stereocenters. The van der Waals surface area contributed by atoms with Gasteiger partial charge in [0.05, 0.1) is 29.8 Å². The third-order valence-electron chi connectivity index (χ3n) is 3.23. The molecule has 1 aliphatic heterocycles. The molecular formula is C14H17N3OS. The van der Waals surface area contributed by atoms with Gasteiger partial charge in [-0.2, -0.15) is 5.10 Å². The highest BCUT2D eigenvalue weighted by molar-refractivity contribution is 8.00. The van der Waals surface area contributed by atoms with Crippen molar-refractivity contribution in [3.63, 3.8) is 0 Å². The molecule has 0 saturated carbocycles. The average Bonchev–Trinajstić information content (AvgIpc) is 2.71. The Hall–Kier alpha value is -1.30. The van der Waals surface area contributed by atoms with Crippen LogP contribution in [0.1, 0.15) is 11.3 Å². The topological polar surface area (TPSA) is 53.1 Å². The summed E-state index contributed by atoms with van der Waals surface area (Å²) in [6.45, 7) is 4.17. The van der Waals surface area contributed by atoms with Gasteiger partial charge in [-0.25, -0.2) is 4.68 Å². The molecule has 1 aromatic carbocycles. The number of para-hydroxylation sites is 1. The summed E-state index contributed by atoms with van der Waals surface area (Å²) in [5.41, 5.74) is 9.11. The first-order valence-corrected chi connectivity index (χ1v) is 7.26. The molecule has 2 heterocycles. The number of aromatic nitrogens is 2. The Morgan fingerprint density at radius 3 is 2.68 bits per heavy atom. The van der Waals surface area contributed by atoms with Crippen LogP contribution in [0.2, 0.25) is 0 Å². The molecule has 0 radical (unpaired) electrons. The maximum atomic E-state index is 5.88. The Morgan fingerprint density at radius 2 is 2.11 bits per heavy atom. The molecule has 4 nitrogen and oxygen atoms in total. The van der Waals surface area contributed by atoms with Crippen LogP contribution >= 0.6 is 11.8 Å². The lowest BCUT2D eigenvalue weighted by Crippen LogP contribution is -2.30. The first-order valence-electron chi connectivity index (χ1n) is 6.38. The highest BCUT2D eigenvalue weighted by Gasteiger charge is 2.25. The van der Waals surface area contributed by atoms with Crippen LogP contribution < -0.4 is 5.73 Å². The van der Waals surface area contributed by atoms with E-state index >= 15 is 0 Å². The van der Waals surface area contributed by atoms with Crippen LogP contribution in [0.3, 0.4) is 0 Å². The number of benzene rings is 1. The number of ether oxygens (including phenoxy) is 1. The Kier molecular flexibility index (Phi) is 3.59. The maximum Gasteiger partial charge on any atom is 0.105 e. The first-order chi connectivity index (χ1) is 9.29. The van der Waals surface area contributed by atoms with Gasteiger partial charge in [0.1, 0.15) is 5.03 Å². The summed E-state index contributed by atoms with van der Waals surface area (Å²) in [7, 11) is 0. The second kappa shape index (κ2) is 5.36. The molecule has 0 spiro atoms. The smallest absolute Gasteiger partial charge is 0.105 e. The standard InChI is InChI=1S/C14H17N3OS/c1-10-13(7-15)14(19-12-8-18-9-12)17(16-10)11-5-3-2-4-6-11/h2-6,12H,7-9,15H2,1H3. The fourth-order valence-electron chi connectivity index (χ4n) is 2.08. The fraction of sp³-hybridized carbons (Fsp3) is 0.357. The van der Waals surface area contributed by atoms with Gasteiger partial charge in [0.2, 0.25) is 0 Å². The summed E-state index contributed by atoms with van der Waals surface area (Å²) in [6, 6.07) is 10.2. The monoisotopic (exact) mass is 275 g/mol. The second-order valence-electron chi connectivity index (χ2n) is 4.60. The number of nitrogens with two attached hydrogens (primary N) is 1. The summed E-state index contributed by atoms with van der Waals surface area (Å²) >= 11 is 1.82. The highest BCUT2D eigenvalue weighted by atomic mass is 32.2. The van der Waals surface area contributed by atoms with E-state index in [0.29, 0.717) is 11.8 Å². The quantitative estimate of drug-likeness (QED) is 0.928. The molecule has 1 saturated heterocycles. The second-order valence-corrected chi connectivity index (χ2v) is 5.89. The predicted molar refractivity (Wildman–Crippen MR) is 76.7 cm³/mol. The lowest BCUT2D eigenvalue weighted by atomic mass is 10.3. The van der Waals surface area contributed by atoms with E-state index in [0.717, 1.165) is 35.2 Å². The van der Waals surface area contributed by atoms with Crippen LogP contribution in [0.5, 0.6) is 0 Å². The number of thioether (sulfide) groups is 1. The Balaban J connectivity index is 2.02. The third kappa shape index (κ3) is 2.41. The van der Waals surface area contributed by atoms with E-state index in [9.17, 15) is 0 Å². The summed E-state index contributed by atoms with van der Waals surface area (Å²) in [5, 5.41) is 6.31. The van der Waals surface area contributed by atoms with E-state index in [-0.39, 0.29) is 0 Å². The highest BCUT2D eigenvalue weighted by Crippen LogP contribution is 2.33. The lowest BCUT2D eigenvalue weighted by Gasteiger charge is -2.25. The Morgan fingerprint density at radius 1 is 1.37 bits per heavy atom. The molecular weight excluding hydrogens is 258 g/mol. The Bertz CT molecular complexity index is 564. The van der Waals surface area contributed by atoms with E-state index in [1.165, 1.54) is 0 Å². The molecule has 5 heteroatoms. The van der Waals surface area contributed by atoms with Crippen molar-refractivity contribution < 1.29 is 4.74 Å². The zero-order valence-corrected chi connectivity index (χ0v) is 11.7. The van der Waals surface area contributed by atoms with E-state index < -0.39 is 0 Å². The van der Waals surface area contributed by atoms with Crippen molar-refractivity contribution >= 4 is 11.8 Å². The fourth-order valence-corrected chi connectivity index (χ4v) is 3.34. The van der Waals surface area contributed by atoms with Crippen LogP contribution in [-0.4, -0.2) is 28.2 Å². The lowest BCUT2D eigenvalue weighted by molar-refractivity contribution is 0.0454. The number of nitrogens with zero attached hydrogens (tertiary/aromatic N) is 2. The molecule has 2 aromatic rings. The van der Waals surface area contributed by atoms with Gasteiger partial charge in [-0.3, -0.25) is 0 Å². The van der Waals surface area contributed by atoms with E-state index in [1.807, 2.05) is 41.6 Å². The minimum absolute atomic E-state index is 0.517. The van der Waals surface area contributed by atoms with Gasteiger partial charge in [-0.1, -0.05) is 30.0 Å². The van der Waals surface area contributed by atoms with E-state index in [4.69, 9.17) is 10.5 Å². The molecule has 1 aromatic heterocycles. The van der Waals surface area contributed by atoms with Crippen molar-refractivity contribution in [3.05, 3.63) is 41.6 Å². The van der Waals surface area contributed by atoms with Crippen LogP contribution in [0.15, 0.2) is 35.4 Å². The van der Waals surface area contributed by atoms with Crippen LogP contribution in [0.4, 0.5) is 0 Å². The van der Waals surface area contributed by atoms with Gasteiger partial charge in [0.25, 0.3) is 0 Å². The average molecular weight is 275 g/mol. The van der Waals surface area contributed by atoms with Crippen molar-refractivity contribution in [2.45, 2.75) is 23.7 Å². The zero-order valence-electron chi connectivity index (χ0n) is 10.9. The van der Waals surface area contributed by atoms with Crippen molar-refractivity contribution in [2.24, 2.45) is 5.73 Å². The minimum Gasteiger partial charge on any atom is -0.379 e. The molecule has 0 bridgehead atoms. The number of hydrogen-bond acceptors (Lipinski definition) is 4. The van der Waals surface area contributed by atoms with Gasteiger partial charge in [-0.15, -0.1) is 0 Å². The van der Waals surface area contributed by atoms with Crippen molar-refractivity contribution in [2.75, 3.05) is 13.2 Å². The summed E-state index contributed by atoms with van der Waals surface area (Å²) in [5.74, 6) is 0. The van der Waals surface area contributed by atoms with Crippen molar-refractivity contribution in [3.8, 4) is 5.69 Å². The van der Waals surface area contributed by atoms with E-state index in [1.54, 1.807) is 0 Å².